The minimum Gasteiger partial charge on any atom is -0.366 e. The van der Waals surface area contributed by atoms with Crippen LogP contribution in [0, 0.1) is 24.7 Å². The Bertz CT molecular complexity index is 1800. The number of rotatable bonds is 5. The van der Waals surface area contributed by atoms with Gasteiger partial charge in [0.25, 0.3) is 0 Å². The first-order valence-corrected chi connectivity index (χ1v) is 14.0. The van der Waals surface area contributed by atoms with E-state index in [1.807, 2.05) is 12.1 Å². The van der Waals surface area contributed by atoms with Crippen molar-refractivity contribution in [2.45, 2.75) is 32.1 Å². The largest absolute Gasteiger partial charge is 1.00 e. The van der Waals surface area contributed by atoms with Crippen molar-refractivity contribution in [3.8, 4) is 23.0 Å². The second-order valence-electron chi connectivity index (χ2n) is 10.2. The van der Waals surface area contributed by atoms with Gasteiger partial charge in [0.05, 0.1) is 12.8 Å². The van der Waals surface area contributed by atoms with E-state index in [-0.39, 0.29) is 44.8 Å². The van der Waals surface area contributed by atoms with Crippen molar-refractivity contribution in [2.24, 2.45) is 9.98 Å². The summed E-state index contributed by atoms with van der Waals surface area (Å²) in [5.41, 5.74) is 11.1. The number of nitrogens with zero attached hydrogens (tertiary/aromatic N) is 5. The molecule has 0 saturated carbocycles. The molecule has 8 heteroatoms. The third-order valence-electron chi connectivity index (χ3n) is 7.24. The molecule has 7 rings (SSSR count). The number of aromatic nitrogens is 3. The first kappa shape index (κ1) is 35.4. The Morgan fingerprint density at radius 2 is 1.60 bits per heavy atom. The maximum atomic E-state index is 7.14. The van der Waals surface area contributed by atoms with Crippen molar-refractivity contribution in [3.63, 3.8) is 0 Å². The standard InChI is InChI=1S/C15H9.C15H13.C7H8N6.2Au/c1-2-11-7-8-13-10-12-5-3-4-6-14(12)15(13)9-11;1-3-12(2)8-9-13-10-14-6-4-5-7-15(14)11-13;1(6-10-2-8-3-11-6)7-12-4-9-5-13-7;;/h3-9H,10H2;4-7,10H,2,8-9,11H2;2-4H,1,5H2,(H,9,12,13);;/q2*-1;;2*+1. The summed E-state index contributed by atoms with van der Waals surface area (Å²) < 4.78 is 0. The van der Waals surface area contributed by atoms with Crippen LogP contribution < -0.4 is 5.32 Å². The quantitative estimate of drug-likeness (QED) is 0.131. The van der Waals surface area contributed by atoms with E-state index in [4.69, 9.17) is 12.8 Å². The van der Waals surface area contributed by atoms with E-state index in [0.717, 1.165) is 42.7 Å². The van der Waals surface area contributed by atoms with Crippen LogP contribution >= 0.6 is 0 Å². The predicted molar refractivity (Wildman–Crippen MR) is 172 cm³/mol. The van der Waals surface area contributed by atoms with Crippen LogP contribution in [0.1, 0.15) is 46.5 Å². The van der Waals surface area contributed by atoms with Gasteiger partial charge in [0, 0.05) is 0 Å². The molecule has 1 aliphatic heterocycles. The minimum atomic E-state index is 0. The van der Waals surface area contributed by atoms with E-state index in [9.17, 15) is 0 Å². The van der Waals surface area contributed by atoms with Gasteiger partial charge in [-0.3, -0.25) is 16.8 Å². The number of hydrogen-bond donors (Lipinski definition) is 1. The Hall–Kier alpha value is -4.11. The smallest absolute Gasteiger partial charge is 0.366 e. The molecule has 2 aliphatic carbocycles. The Balaban J connectivity index is 0.000000181. The molecule has 0 saturated heterocycles. The molecular weight excluding hydrogens is 922 g/mol. The van der Waals surface area contributed by atoms with Gasteiger partial charge in [0.15, 0.2) is 0 Å². The van der Waals surface area contributed by atoms with Crippen LogP contribution in [0.5, 0.6) is 0 Å². The molecule has 4 aromatic rings. The predicted octanol–water partition coefficient (Wildman–Crippen LogP) is 6.14. The number of allylic oxidation sites excluding steroid dienone is 2. The Kier molecular flexibility index (Phi) is 14.2. The van der Waals surface area contributed by atoms with Crippen LogP contribution in [0.2, 0.25) is 0 Å². The summed E-state index contributed by atoms with van der Waals surface area (Å²) in [6.07, 6.45) is 25.4. The molecule has 0 amide bonds. The fourth-order valence-corrected chi connectivity index (χ4v) is 5.03. The minimum absolute atomic E-state index is 0. The summed E-state index contributed by atoms with van der Waals surface area (Å²) in [5, 5.41) is 2.93. The molecule has 230 valence electrons. The van der Waals surface area contributed by atoms with E-state index >= 15 is 0 Å². The molecular formula is C37H30Au2N6. The number of amidine groups is 1. The molecule has 45 heavy (non-hydrogen) atoms. The van der Waals surface area contributed by atoms with Crippen LogP contribution in [-0.4, -0.2) is 33.8 Å². The zero-order valence-corrected chi connectivity index (χ0v) is 28.8. The van der Waals surface area contributed by atoms with Gasteiger partial charge in [-0.2, -0.15) is 12.2 Å². The van der Waals surface area contributed by atoms with Gasteiger partial charge in [-0.25, -0.2) is 19.9 Å². The Morgan fingerprint density at radius 1 is 0.867 bits per heavy atom. The van der Waals surface area contributed by atoms with Gasteiger partial charge in [0.1, 0.15) is 31.0 Å². The molecule has 6 nitrogen and oxygen atoms in total. The zero-order chi connectivity index (χ0) is 29.9. The molecule has 1 aromatic heterocycles. The van der Waals surface area contributed by atoms with Gasteiger partial charge in [-0.15, -0.1) is 17.7 Å². The van der Waals surface area contributed by atoms with Crippen LogP contribution in [0.25, 0.3) is 17.2 Å². The second kappa shape index (κ2) is 18.0. The topological polar surface area (TPSA) is 75.4 Å². The third kappa shape index (κ3) is 9.94. The Morgan fingerprint density at radius 3 is 2.31 bits per heavy atom. The Labute approximate surface area is 296 Å². The number of fused-ring (bicyclic) bond motifs is 4. The van der Waals surface area contributed by atoms with Crippen LogP contribution in [0.4, 0.5) is 0 Å². The first-order valence-electron chi connectivity index (χ1n) is 14.0. The molecule has 0 radical (unpaired) electrons. The molecule has 3 aromatic carbocycles. The molecule has 0 unspecified atom stereocenters. The number of benzene rings is 3. The molecule has 1 N–H and O–H groups in total. The third-order valence-corrected chi connectivity index (χ3v) is 7.24. The maximum absolute atomic E-state index is 7.14. The van der Waals surface area contributed by atoms with Gasteiger partial charge in [0.2, 0.25) is 0 Å². The van der Waals surface area contributed by atoms with Crippen LogP contribution in [-0.2, 0) is 64.0 Å². The van der Waals surface area contributed by atoms with E-state index in [1.165, 1.54) is 51.6 Å². The molecule has 0 atom stereocenters. The normalized spacial score (nSPS) is 12.5. The van der Waals surface area contributed by atoms with Crippen LogP contribution in [0.3, 0.4) is 0 Å². The van der Waals surface area contributed by atoms with Crippen molar-refractivity contribution < 1.29 is 44.8 Å². The van der Waals surface area contributed by atoms with E-state index < -0.39 is 0 Å². The molecule has 2 heterocycles. The van der Waals surface area contributed by atoms with Crippen molar-refractivity contribution in [1.82, 2.24) is 20.3 Å². The monoisotopic (exact) mass is 952 g/mol. The van der Waals surface area contributed by atoms with E-state index in [0.29, 0.717) is 18.9 Å². The molecule has 0 spiro atoms. The van der Waals surface area contributed by atoms with Gasteiger partial charge < -0.3 is 18.2 Å². The maximum Gasteiger partial charge on any atom is 1.00 e. The summed E-state index contributed by atoms with van der Waals surface area (Å²) >= 11 is 0. The fraction of sp³-hybridized carbons (Fsp3) is 0.162. The van der Waals surface area contributed by atoms with Crippen molar-refractivity contribution in [2.75, 3.05) is 6.67 Å². The van der Waals surface area contributed by atoms with E-state index in [2.05, 4.69) is 109 Å². The van der Waals surface area contributed by atoms with Crippen molar-refractivity contribution >= 4 is 18.3 Å². The van der Waals surface area contributed by atoms with Crippen LogP contribution in [0.15, 0.2) is 107 Å². The van der Waals surface area contributed by atoms with Gasteiger partial charge in [-0.05, 0) is 52.6 Å². The summed E-state index contributed by atoms with van der Waals surface area (Å²) in [6, 6.07) is 23.1. The van der Waals surface area contributed by atoms with Gasteiger partial charge in [-0.1, -0.05) is 72.7 Å². The first-order chi connectivity index (χ1) is 21.1. The van der Waals surface area contributed by atoms with Crippen molar-refractivity contribution in [3.05, 3.63) is 144 Å². The SMILES string of the molecule is C1=NCN=C(Cc2ncncn2)N1.[Au+].[Au+].[C-]#CC(=C)CCC1=Cc2ccccc2C1.[C-]#Cc1ccc2c(c1)-c1ccccc1C2. The second-order valence-corrected chi connectivity index (χ2v) is 10.2. The summed E-state index contributed by atoms with van der Waals surface area (Å²) in [4.78, 5) is 19.7. The summed E-state index contributed by atoms with van der Waals surface area (Å²) in [5.74, 6) is 6.32. The number of nitrogens with one attached hydrogen (secondary N) is 1. The summed E-state index contributed by atoms with van der Waals surface area (Å²) in [7, 11) is 0. The number of aliphatic imine (C=N–C) groups is 2. The molecule has 0 bridgehead atoms. The fourth-order valence-electron chi connectivity index (χ4n) is 5.03. The molecule has 0 fully saturated rings. The average molecular weight is 953 g/mol. The van der Waals surface area contributed by atoms with Crippen molar-refractivity contribution in [1.29, 1.82) is 0 Å². The number of hydrogen-bond acceptors (Lipinski definition) is 6. The molecule has 3 aliphatic rings. The zero-order valence-electron chi connectivity index (χ0n) is 24.4. The van der Waals surface area contributed by atoms with E-state index in [1.54, 1.807) is 6.34 Å². The van der Waals surface area contributed by atoms with Gasteiger partial charge >= 0.3 is 44.8 Å². The summed E-state index contributed by atoms with van der Waals surface area (Å²) in [6.45, 7) is 4.24. The average Bonchev–Trinajstić information content (AvgIpc) is 3.66.